The Hall–Kier alpha value is -6.50. The number of benzene rings is 11. The minimum absolute atomic E-state index is 1.23. The molecule has 0 fully saturated rings. The molecule has 50 heavy (non-hydrogen) atoms. The fourth-order valence-electron chi connectivity index (χ4n) is 8.70. The van der Waals surface area contributed by atoms with Crippen LogP contribution in [0.2, 0.25) is 0 Å². The normalized spacial score (nSPS) is 12.0. The zero-order valence-corrected chi connectivity index (χ0v) is 27.3. The first-order valence-corrected chi connectivity index (χ1v) is 17.4. The Labute approximate surface area is 290 Å². The Kier molecular flexibility index (Phi) is 5.76. The number of hydrogen-bond acceptors (Lipinski definition) is 0. The third-order valence-electron chi connectivity index (χ3n) is 11.0. The van der Waals surface area contributed by atoms with E-state index in [1.165, 1.54) is 109 Å². The molecule has 0 aromatic heterocycles. The molecule has 0 saturated heterocycles. The maximum absolute atomic E-state index is 2.39. The van der Waals surface area contributed by atoms with Crippen molar-refractivity contribution in [2.75, 3.05) is 0 Å². The minimum atomic E-state index is 1.23. The van der Waals surface area contributed by atoms with E-state index in [0.29, 0.717) is 0 Å². The van der Waals surface area contributed by atoms with Crippen molar-refractivity contribution in [3.63, 3.8) is 0 Å². The van der Waals surface area contributed by atoms with Crippen LogP contribution in [-0.2, 0) is 0 Å². The van der Waals surface area contributed by atoms with Gasteiger partial charge in [0, 0.05) is 0 Å². The van der Waals surface area contributed by atoms with Crippen LogP contribution in [0, 0.1) is 0 Å². The summed E-state index contributed by atoms with van der Waals surface area (Å²) in [7, 11) is 0. The molecule has 0 N–H and O–H groups in total. The first kappa shape index (κ1) is 27.5. The Morgan fingerprint density at radius 3 is 1.16 bits per heavy atom. The van der Waals surface area contributed by atoms with Crippen molar-refractivity contribution in [3.05, 3.63) is 182 Å². The fraction of sp³-hybridized carbons (Fsp3) is 0. The summed E-state index contributed by atoms with van der Waals surface area (Å²) < 4.78 is 0. The highest BCUT2D eigenvalue weighted by atomic mass is 14.2. The van der Waals surface area contributed by atoms with E-state index in [9.17, 15) is 0 Å². The number of rotatable bonds is 4. The molecule has 0 atom stereocenters. The monoisotopic (exact) mass is 630 g/mol. The molecular formula is C50H30. The molecule has 0 amide bonds. The summed E-state index contributed by atoms with van der Waals surface area (Å²) >= 11 is 0. The average Bonchev–Trinajstić information content (AvgIpc) is 3.19. The van der Waals surface area contributed by atoms with E-state index in [2.05, 4.69) is 182 Å². The summed E-state index contributed by atoms with van der Waals surface area (Å²) in [5.74, 6) is 0. The third kappa shape index (κ3) is 3.94. The lowest BCUT2D eigenvalue weighted by atomic mass is 9.84. The summed E-state index contributed by atoms with van der Waals surface area (Å²) in [6.45, 7) is 0. The topological polar surface area (TPSA) is 0 Å². The van der Waals surface area contributed by atoms with Gasteiger partial charge in [-0.3, -0.25) is 0 Å². The van der Waals surface area contributed by atoms with Gasteiger partial charge in [0.2, 0.25) is 0 Å². The second-order valence-electron chi connectivity index (χ2n) is 13.6. The van der Waals surface area contributed by atoms with Crippen molar-refractivity contribution in [3.8, 4) is 44.5 Å². The quantitative estimate of drug-likeness (QED) is 0.170. The van der Waals surface area contributed by atoms with Gasteiger partial charge in [-0.1, -0.05) is 176 Å². The maximum Gasteiger partial charge on any atom is -0.00203 e. The second kappa shape index (κ2) is 10.5. The molecule has 0 aliphatic carbocycles. The van der Waals surface area contributed by atoms with Crippen molar-refractivity contribution in [2.24, 2.45) is 0 Å². The molecule has 0 unspecified atom stereocenters. The van der Waals surface area contributed by atoms with Crippen LogP contribution >= 0.6 is 0 Å². The largest absolute Gasteiger partial charge is 0.0622 e. The lowest BCUT2D eigenvalue weighted by Crippen LogP contribution is -1.92. The smallest absolute Gasteiger partial charge is 0.00203 e. The highest BCUT2D eigenvalue weighted by Gasteiger charge is 2.18. The molecule has 0 radical (unpaired) electrons. The molecule has 230 valence electrons. The third-order valence-corrected chi connectivity index (χ3v) is 11.0. The molecule has 0 heterocycles. The summed E-state index contributed by atoms with van der Waals surface area (Å²) in [6.07, 6.45) is 0. The standard InChI is InChI=1S/C50H30/c1-3-8-31(9-4-1)39-24-22-38(30-46(39)32-10-5-2-6-11-32)40-23-16-36-21-29-45-42(26-18-37-20-27-43(40)49(36)50(37)45)41-25-17-35-15-14-33-12-7-13-34-19-28-44(41)48(35)47(33)34/h1-30H. The van der Waals surface area contributed by atoms with Gasteiger partial charge in [-0.25, -0.2) is 0 Å². The highest BCUT2D eigenvalue weighted by molar-refractivity contribution is 6.30. The molecule has 11 aromatic carbocycles. The van der Waals surface area contributed by atoms with Gasteiger partial charge in [0.25, 0.3) is 0 Å². The Balaban J connectivity index is 1.15. The zero-order valence-electron chi connectivity index (χ0n) is 27.3. The van der Waals surface area contributed by atoms with Gasteiger partial charge >= 0.3 is 0 Å². The van der Waals surface area contributed by atoms with Crippen LogP contribution in [0.15, 0.2) is 182 Å². The van der Waals surface area contributed by atoms with Crippen LogP contribution < -0.4 is 0 Å². The van der Waals surface area contributed by atoms with Crippen molar-refractivity contribution in [1.82, 2.24) is 0 Å². The molecule has 0 bridgehead atoms. The van der Waals surface area contributed by atoms with E-state index in [0.717, 1.165) is 0 Å². The fourth-order valence-corrected chi connectivity index (χ4v) is 8.70. The maximum atomic E-state index is 2.39. The predicted octanol–water partition coefficient (Wildman–Crippen LogP) is 14.1. The van der Waals surface area contributed by atoms with E-state index in [1.807, 2.05) is 0 Å². The average molecular weight is 631 g/mol. The summed E-state index contributed by atoms with van der Waals surface area (Å²) in [4.78, 5) is 0. The van der Waals surface area contributed by atoms with E-state index >= 15 is 0 Å². The number of hydrogen-bond donors (Lipinski definition) is 0. The lowest BCUT2D eigenvalue weighted by Gasteiger charge is -2.19. The molecular weight excluding hydrogens is 601 g/mol. The van der Waals surface area contributed by atoms with Gasteiger partial charge in [-0.05, 0) is 115 Å². The van der Waals surface area contributed by atoms with E-state index in [4.69, 9.17) is 0 Å². The minimum Gasteiger partial charge on any atom is -0.0622 e. The molecule has 0 nitrogen and oxygen atoms in total. The van der Waals surface area contributed by atoms with Gasteiger partial charge < -0.3 is 0 Å². The van der Waals surface area contributed by atoms with Gasteiger partial charge in [0.1, 0.15) is 0 Å². The second-order valence-corrected chi connectivity index (χ2v) is 13.6. The Morgan fingerprint density at radius 2 is 0.600 bits per heavy atom. The van der Waals surface area contributed by atoms with E-state index < -0.39 is 0 Å². The van der Waals surface area contributed by atoms with Gasteiger partial charge in [0.05, 0.1) is 0 Å². The van der Waals surface area contributed by atoms with Crippen LogP contribution in [0.1, 0.15) is 0 Å². The van der Waals surface area contributed by atoms with Crippen molar-refractivity contribution in [2.45, 2.75) is 0 Å². The predicted molar refractivity (Wildman–Crippen MR) is 216 cm³/mol. The van der Waals surface area contributed by atoms with Crippen molar-refractivity contribution in [1.29, 1.82) is 0 Å². The van der Waals surface area contributed by atoms with Crippen molar-refractivity contribution >= 4 is 64.6 Å². The summed E-state index contributed by atoms with van der Waals surface area (Å²) in [5, 5.41) is 15.8. The first-order chi connectivity index (χ1) is 24.8. The van der Waals surface area contributed by atoms with Crippen LogP contribution in [0.25, 0.3) is 109 Å². The first-order valence-electron chi connectivity index (χ1n) is 17.4. The molecule has 11 rings (SSSR count). The van der Waals surface area contributed by atoms with Gasteiger partial charge in [-0.2, -0.15) is 0 Å². The molecule has 11 aromatic rings. The molecule has 0 heteroatoms. The molecule has 0 spiro atoms. The van der Waals surface area contributed by atoms with Crippen molar-refractivity contribution < 1.29 is 0 Å². The Morgan fingerprint density at radius 1 is 0.200 bits per heavy atom. The molecule has 0 aliphatic rings. The Bertz CT molecular complexity index is 3040. The zero-order chi connectivity index (χ0) is 32.8. The van der Waals surface area contributed by atoms with E-state index in [1.54, 1.807) is 0 Å². The van der Waals surface area contributed by atoms with Crippen LogP contribution in [0.5, 0.6) is 0 Å². The lowest BCUT2D eigenvalue weighted by molar-refractivity contribution is 1.57. The van der Waals surface area contributed by atoms with Gasteiger partial charge in [0.15, 0.2) is 0 Å². The molecule has 0 aliphatic heterocycles. The van der Waals surface area contributed by atoms with E-state index in [-0.39, 0.29) is 0 Å². The SMILES string of the molecule is c1ccc(-c2ccc(-c3ccc4ccc5c(-c6ccc7ccc8cccc9ccc6c7c89)ccc6ccc3c4c65)cc2-c2ccccc2)cc1. The van der Waals surface area contributed by atoms with Crippen LogP contribution in [0.4, 0.5) is 0 Å². The summed E-state index contributed by atoms with van der Waals surface area (Å²) in [5.41, 5.74) is 10.0. The molecule has 0 saturated carbocycles. The summed E-state index contributed by atoms with van der Waals surface area (Å²) in [6, 6.07) is 67.6. The van der Waals surface area contributed by atoms with Gasteiger partial charge in [-0.15, -0.1) is 0 Å². The highest BCUT2D eigenvalue weighted by Crippen LogP contribution is 2.46. The van der Waals surface area contributed by atoms with Crippen LogP contribution in [-0.4, -0.2) is 0 Å². The van der Waals surface area contributed by atoms with Crippen LogP contribution in [0.3, 0.4) is 0 Å².